The number of carbonyl (C=O) groups excluding carboxylic acids is 1. The maximum Gasteiger partial charge on any atom is 0.234 e. The van der Waals surface area contributed by atoms with Gasteiger partial charge in [0, 0.05) is 6.07 Å². The van der Waals surface area contributed by atoms with Gasteiger partial charge in [0.05, 0.1) is 11.5 Å². The Balaban J connectivity index is 2.07. The average Bonchev–Trinajstić information content (AvgIpc) is 2.90. The van der Waals surface area contributed by atoms with E-state index in [2.05, 4.69) is 15.0 Å². The lowest BCUT2D eigenvalue weighted by atomic mass is 9.98. The summed E-state index contributed by atoms with van der Waals surface area (Å²) >= 11 is 4.97. The number of rotatable bonds is 5. The van der Waals surface area contributed by atoms with E-state index in [4.69, 9.17) is 18.0 Å². The SMILES string of the molecule is NC(=S)C(C(=O)NCc1ccon1)c1ccccc1. The van der Waals surface area contributed by atoms with E-state index in [-0.39, 0.29) is 17.4 Å². The van der Waals surface area contributed by atoms with Crippen LogP contribution < -0.4 is 11.1 Å². The van der Waals surface area contributed by atoms with E-state index in [0.717, 1.165) is 5.56 Å². The number of amides is 1. The molecule has 0 radical (unpaired) electrons. The van der Waals surface area contributed by atoms with Gasteiger partial charge >= 0.3 is 0 Å². The second-order valence-corrected chi connectivity index (χ2v) is 4.43. The fraction of sp³-hybridized carbons (Fsp3) is 0.154. The fourth-order valence-corrected chi connectivity index (χ4v) is 1.94. The molecule has 1 aromatic heterocycles. The Labute approximate surface area is 115 Å². The van der Waals surface area contributed by atoms with Crippen molar-refractivity contribution in [2.24, 2.45) is 5.73 Å². The predicted octanol–water partition coefficient (Wildman–Crippen LogP) is 1.36. The highest BCUT2D eigenvalue weighted by Crippen LogP contribution is 2.16. The van der Waals surface area contributed by atoms with Gasteiger partial charge < -0.3 is 15.6 Å². The van der Waals surface area contributed by atoms with E-state index >= 15 is 0 Å². The molecule has 3 N–H and O–H groups in total. The molecule has 1 heterocycles. The van der Waals surface area contributed by atoms with Crippen LogP contribution in [-0.2, 0) is 11.3 Å². The highest BCUT2D eigenvalue weighted by Gasteiger charge is 2.23. The molecule has 1 amide bonds. The molecule has 0 bridgehead atoms. The highest BCUT2D eigenvalue weighted by molar-refractivity contribution is 7.80. The summed E-state index contributed by atoms with van der Waals surface area (Å²) in [6.07, 6.45) is 1.45. The van der Waals surface area contributed by atoms with Crippen molar-refractivity contribution >= 4 is 23.1 Å². The minimum atomic E-state index is -0.636. The van der Waals surface area contributed by atoms with Crippen molar-refractivity contribution in [2.45, 2.75) is 12.5 Å². The number of carbonyl (C=O) groups is 1. The van der Waals surface area contributed by atoms with Crippen LogP contribution in [-0.4, -0.2) is 16.1 Å². The molecular weight excluding hydrogens is 262 g/mol. The summed E-state index contributed by atoms with van der Waals surface area (Å²) in [6, 6.07) is 10.9. The quantitative estimate of drug-likeness (QED) is 0.805. The number of benzene rings is 1. The third-order valence-electron chi connectivity index (χ3n) is 2.61. The Morgan fingerprint density at radius 2 is 2.11 bits per heavy atom. The van der Waals surface area contributed by atoms with Crippen LogP contribution in [0.1, 0.15) is 17.2 Å². The zero-order valence-electron chi connectivity index (χ0n) is 10.1. The molecule has 1 aromatic carbocycles. The first-order chi connectivity index (χ1) is 9.18. The third kappa shape index (κ3) is 3.38. The third-order valence-corrected chi connectivity index (χ3v) is 2.85. The van der Waals surface area contributed by atoms with Gasteiger partial charge in [-0.2, -0.15) is 0 Å². The van der Waals surface area contributed by atoms with Crippen LogP contribution in [0.15, 0.2) is 47.2 Å². The molecule has 19 heavy (non-hydrogen) atoms. The monoisotopic (exact) mass is 275 g/mol. The number of nitrogens with two attached hydrogens (primary N) is 1. The maximum atomic E-state index is 12.1. The molecule has 6 heteroatoms. The molecule has 1 atom stereocenters. The Hall–Kier alpha value is -2.21. The van der Waals surface area contributed by atoms with E-state index in [0.29, 0.717) is 5.69 Å². The molecule has 98 valence electrons. The van der Waals surface area contributed by atoms with Gasteiger partial charge in [-0.3, -0.25) is 4.79 Å². The van der Waals surface area contributed by atoms with Gasteiger partial charge in [0.25, 0.3) is 0 Å². The second-order valence-electron chi connectivity index (χ2n) is 3.95. The van der Waals surface area contributed by atoms with Crippen molar-refractivity contribution in [1.29, 1.82) is 0 Å². The molecule has 0 saturated heterocycles. The Morgan fingerprint density at radius 3 is 2.68 bits per heavy atom. The smallest absolute Gasteiger partial charge is 0.234 e. The summed E-state index contributed by atoms with van der Waals surface area (Å²) in [4.78, 5) is 12.3. The summed E-state index contributed by atoms with van der Waals surface area (Å²) in [5.74, 6) is -0.884. The first-order valence-corrected chi connectivity index (χ1v) is 6.10. The molecule has 2 aromatic rings. The first kappa shape index (κ1) is 13.2. The number of nitrogens with one attached hydrogen (secondary N) is 1. The van der Waals surface area contributed by atoms with Crippen LogP contribution >= 0.6 is 12.2 Å². The lowest BCUT2D eigenvalue weighted by Crippen LogP contribution is -2.35. The van der Waals surface area contributed by atoms with E-state index in [1.54, 1.807) is 6.07 Å². The number of thiocarbonyl (C=S) groups is 1. The lowest BCUT2D eigenvalue weighted by Gasteiger charge is -2.15. The van der Waals surface area contributed by atoms with Crippen molar-refractivity contribution in [3.63, 3.8) is 0 Å². The van der Waals surface area contributed by atoms with Crippen LogP contribution in [0.5, 0.6) is 0 Å². The van der Waals surface area contributed by atoms with Crippen molar-refractivity contribution in [1.82, 2.24) is 10.5 Å². The Kier molecular flexibility index (Phi) is 4.25. The van der Waals surface area contributed by atoms with Crippen LogP contribution in [0.4, 0.5) is 0 Å². The molecule has 0 saturated carbocycles. The number of hydrogen-bond donors (Lipinski definition) is 2. The van der Waals surface area contributed by atoms with E-state index in [9.17, 15) is 4.79 Å². The van der Waals surface area contributed by atoms with Gasteiger partial charge in [-0.15, -0.1) is 0 Å². The fourth-order valence-electron chi connectivity index (χ4n) is 1.70. The predicted molar refractivity (Wildman–Crippen MR) is 74.3 cm³/mol. The van der Waals surface area contributed by atoms with Crippen LogP contribution in [0, 0.1) is 0 Å². The van der Waals surface area contributed by atoms with Gasteiger partial charge in [-0.25, -0.2) is 0 Å². The normalized spacial score (nSPS) is 11.8. The summed E-state index contributed by atoms with van der Waals surface area (Å²) in [7, 11) is 0. The van der Waals surface area contributed by atoms with Gasteiger partial charge in [-0.05, 0) is 5.56 Å². The standard InChI is InChI=1S/C13H13N3O2S/c14-12(19)11(9-4-2-1-3-5-9)13(17)15-8-10-6-7-18-16-10/h1-7,11H,8H2,(H2,14,19)(H,15,17). The van der Waals surface area contributed by atoms with Crippen molar-refractivity contribution in [3.05, 3.63) is 53.9 Å². The summed E-state index contributed by atoms with van der Waals surface area (Å²) in [5, 5.41) is 6.45. The van der Waals surface area contributed by atoms with Crippen LogP contribution in [0.3, 0.4) is 0 Å². The largest absolute Gasteiger partial charge is 0.392 e. The Bertz CT molecular complexity index is 555. The van der Waals surface area contributed by atoms with Crippen molar-refractivity contribution < 1.29 is 9.32 Å². The zero-order valence-corrected chi connectivity index (χ0v) is 10.9. The lowest BCUT2D eigenvalue weighted by molar-refractivity contribution is -0.121. The van der Waals surface area contributed by atoms with Gasteiger partial charge in [0.1, 0.15) is 17.9 Å². The molecule has 0 fully saturated rings. The minimum Gasteiger partial charge on any atom is -0.392 e. The molecule has 5 nitrogen and oxygen atoms in total. The number of hydrogen-bond acceptors (Lipinski definition) is 4. The Morgan fingerprint density at radius 1 is 1.37 bits per heavy atom. The van der Waals surface area contributed by atoms with Crippen LogP contribution in [0.25, 0.3) is 0 Å². The summed E-state index contributed by atoms with van der Waals surface area (Å²) < 4.78 is 4.69. The van der Waals surface area contributed by atoms with Crippen molar-refractivity contribution in [2.75, 3.05) is 0 Å². The summed E-state index contributed by atoms with van der Waals surface area (Å²) in [6.45, 7) is 0.279. The van der Waals surface area contributed by atoms with Gasteiger partial charge in [-0.1, -0.05) is 47.7 Å². The first-order valence-electron chi connectivity index (χ1n) is 5.69. The topological polar surface area (TPSA) is 81.2 Å². The zero-order chi connectivity index (χ0) is 13.7. The second kappa shape index (κ2) is 6.10. The number of aromatic nitrogens is 1. The van der Waals surface area contributed by atoms with Crippen LogP contribution in [0.2, 0.25) is 0 Å². The molecule has 2 rings (SSSR count). The average molecular weight is 275 g/mol. The minimum absolute atomic E-state index is 0.142. The molecule has 1 unspecified atom stereocenters. The van der Waals surface area contributed by atoms with Crippen molar-refractivity contribution in [3.8, 4) is 0 Å². The molecule has 0 aliphatic rings. The summed E-state index contributed by atoms with van der Waals surface area (Å²) in [5.41, 5.74) is 7.07. The highest BCUT2D eigenvalue weighted by atomic mass is 32.1. The molecule has 0 spiro atoms. The molecule has 0 aliphatic heterocycles. The maximum absolute atomic E-state index is 12.1. The molecule has 0 aliphatic carbocycles. The molecular formula is C13H13N3O2S. The van der Waals surface area contributed by atoms with Gasteiger partial charge in [0.15, 0.2) is 0 Å². The van der Waals surface area contributed by atoms with E-state index < -0.39 is 5.92 Å². The van der Waals surface area contributed by atoms with E-state index in [1.165, 1.54) is 6.26 Å². The van der Waals surface area contributed by atoms with E-state index in [1.807, 2.05) is 30.3 Å². The number of nitrogens with zero attached hydrogens (tertiary/aromatic N) is 1. The van der Waals surface area contributed by atoms with Gasteiger partial charge in [0.2, 0.25) is 5.91 Å².